The molecule has 0 saturated heterocycles. The van der Waals surface area contributed by atoms with Crippen LogP contribution in [0.2, 0.25) is 0 Å². The fourth-order valence-electron chi connectivity index (χ4n) is 2.27. The molecule has 96 valence electrons. The number of allylic oxidation sites excluding steroid dienone is 2. The van der Waals surface area contributed by atoms with Gasteiger partial charge in [0.2, 0.25) is 0 Å². The smallest absolute Gasteiger partial charge is 0.122 e. The van der Waals surface area contributed by atoms with Crippen LogP contribution in [0, 0.1) is 0 Å². The van der Waals surface area contributed by atoms with Gasteiger partial charge in [0.15, 0.2) is 0 Å². The second kappa shape index (κ2) is 6.10. The third-order valence-corrected chi connectivity index (χ3v) is 4.62. The Hall–Kier alpha value is -1.22. The van der Waals surface area contributed by atoms with E-state index in [4.69, 9.17) is 0 Å². The summed E-state index contributed by atoms with van der Waals surface area (Å²) in [5, 5.41) is 0. The van der Waals surface area contributed by atoms with Gasteiger partial charge in [0.05, 0.1) is 5.88 Å². The Bertz CT molecular complexity index is 441. The fourth-order valence-corrected chi connectivity index (χ4v) is 3.33. The van der Waals surface area contributed by atoms with Crippen LogP contribution in [0.1, 0.15) is 25.8 Å². The highest BCUT2D eigenvalue weighted by atomic mass is 32.2. The van der Waals surface area contributed by atoms with Crippen molar-refractivity contribution in [2.24, 2.45) is 0 Å². The van der Waals surface area contributed by atoms with E-state index in [0.29, 0.717) is 6.42 Å². The molecule has 0 aliphatic carbocycles. The molecule has 2 nitrogen and oxygen atoms in total. The van der Waals surface area contributed by atoms with E-state index in [-0.39, 0.29) is 6.04 Å². The van der Waals surface area contributed by atoms with Gasteiger partial charge in [-0.15, -0.1) is 11.8 Å². The minimum Gasteiger partial charge on any atom is -0.361 e. The number of hydrogen-bond acceptors (Lipinski definition) is 3. The quantitative estimate of drug-likeness (QED) is 0.757. The summed E-state index contributed by atoms with van der Waals surface area (Å²) in [6, 6.07) is 10.7. The van der Waals surface area contributed by atoms with E-state index in [2.05, 4.69) is 43.0 Å². The number of hydrogen-bond donors (Lipinski definition) is 0. The van der Waals surface area contributed by atoms with Crippen LogP contribution in [0.5, 0.6) is 0 Å². The van der Waals surface area contributed by atoms with Crippen molar-refractivity contribution in [2.45, 2.75) is 32.7 Å². The molecule has 1 aromatic rings. The van der Waals surface area contributed by atoms with Crippen LogP contribution in [-0.2, 0) is 11.2 Å². The van der Waals surface area contributed by atoms with Gasteiger partial charge < -0.3 is 9.69 Å². The summed E-state index contributed by atoms with van der Waals surface area (Å²) >= 11 is 1.87. The minimum absolute atomic E-state index is 0.287. The van der Waals surface area contributed by atoms with Crippen molar-refractivity contribution in [1.82, 2.24) is 4.90 Å². The molecule has 1 heterocycles. The van der Waals surface area contributed by atoms with E-state index >= 15 is 0 Å². The van der Waals surface area contributed by atoms with Gasteiger partial charge in [0, 0.05) is 23.1 Å². The highest BCUT2D eigenvalue weighted by molar-refractivity contribution is 8.03. The highest BCUT2D eigenvalue weighted by Crippen LogP contribution is 2.33. The molecule has 1 aromatic carbocycles. The molecule has 1 atom stereocenters. The average molecular weight is 261 g/mol. The van der Waals surface area contributed by atoms with Crippen LogP contribution in [0.25, 0.3) is 0 Å². The number of thioether (sulfide) groups is 1. The molecule has 1 aliphatic heterocycles. The van der Waals surface area contributed by atoms with Crippen LogP contribution in [0.15, 0.2) is 40.9 Å². The SMILES string of the molecule is CC1=C(C)N(C(CC=O)Cc2ccccc2)CS1. The Morgan fingerprint density at radius 3 is 2.61 bits per heavy atom. The Kier molecular flexibility index (Phi) is 4.48. The maximum Gasteiger partial charge on any atom is 0.122 e. The maximum absolute atomic E-state index is 10.9. The summed E-state index contributed by atoms with van der Waals surface area (Å²) < 4.78 is 0. The number of carbonyl (C=O) groups is 1. The van der Waals surface area contributed by atoms with Crippen LogP contribution in [-0.4, -0.2) is 23.1 Å². The minimum atomic E-state index is 0.287. The first-order chi connectivity index (χ1) is 8.72. The third-order valence-electron chi connectivity index (χ3n) is 3.48. The largest absolute Gasteiger partial charge is 0.361 e. The third kappa shape index (κ3) is 2.96. The number of aldehydes is 1. The molecule has 0 N–H and O–H groups in total. The molecule has 3 heteroatoms. The Morgan fingerprint density at radius 1 is 1.33 bits per heavy atom. The fraction of sp³-hybridized carbons (Fsp3) is 0.400. The summed E-state index contributed by atoms with van der Waals surface area (Å²) in [6.45, 7) is 4.30. The molecule has 2 rings (SSSR count). The molecule has 0 aromatic heterocycles. The Morgan fingerprint density at radius 2 is 2.06 bits per heavy atom. The Labute approximate surface area is 113 Å². The standard InChI is InChI=1S/C15H19NOS/c1-12-13(2)18-11-16(12)15(8-9-17)10-14-6-4-3-5-7-14/h3-7,9,15H,8,10-11H2,1-2H3. The second-order valence-corrected chi connectivity index (χ2v) is 5.79. The molecule has 18 heavy (non-hydrogen) atoms. The topological polar surface area (TPSA) is 20.3 Å². The van der Waals surface area contributed by atoms with E-state index in [9.17, 15) is 4.79 Å². The zero-order valence-corrected chi connectivity index (χ0v) is 11.7. The van der Waals surface area contributed by atoms with Crippen molar-refractivity contribution in [3.05, 3.63) is 46.5 Å². The van der Waals surface area contributed by atoms with Crippen molar-refractivity contribution in [3.8, 4) is 0 Å². The van der Waals surface area contributed by atoms with Crippen LogP contribution in [0.3, 0.4) is 0 Å². The summed E-state index contributed by atoms with van der Waals surface area (Å²) in [7, 11) is 0. The van der Waals surface area contributed by atoms with Gasteiger partial charge in [-0.3, -0.25) is 0 Å². The van der Waals surface area contributed by atoms with Gasteiger partial charge in [0.25, 0.3) is 0 Å². The molecule has 0 amide bonds. The van der Waals surface area contributed by atoms with E-state index in [1.807, 2.05) is 17.8 Å². The van der Waals surface area contributed by atoms with Gasteiger partial charge in [0.1, 0.15) is 6.29 Å². The maximum atomic E-state index is 10.9. The number of rotatable bonds is 5. The lowest BCUT2D eigenvalue weighted by atomic mass is 10.0. The number of benzene rings is 1. The van der Waals surface area contributed by atoms with Crippen molar-refractivity contribution in [2.75, 3.05) is 5.88 Å². The lowest BCUT2D eigenvalue weighted by Crippen LogP contribution is -2.33. The van der Waals surface area contributed by atoms with E-state index < -0.39 is 0 Å². The molecule has 0 saturated carbocycles. The normalized spacial score (nSPS) is 17.1. The van der Waals surface area contributed by atoms with Crippen LogP contribution >= 0.6 is 11.8 Å². The zero-order chi connectivity index (χ0) is 13.0. The molecule has 0 bridgehead atoms. The number of nitrogens with zero attached hydrogens (tertiary/aromatic N) is 1. The lowest BCUT2D eigenvalue weighted by molar-refractivity contribution is -0.108. The first-order valence-electron chi connectivity index (χ1n) is 6.27. The van der Waals surface area contributed by atoms with Gasteiger partial charge in [-0.2, -0.15) is 0 Å². The van der Waals surface area contributed by atoms with E-state index in [0.717, 1.165) is 18.6 Å². The second-order valence-electron chi connectivity index (χ2n) is 4.63. The molecule has 1 aliphatic rings. The van der Waals surface area contributed by atoms with Gasteiger partial charge in [-0.1, -0.05) is 30.3 Å². The molecule has 0 fully saturated rings. The molecule has 1 unspecified atom stereocenters. The van der Waals surface area contributed by atoms with Crippen molar-refractivity contribution >= 4 is 18.0 Å². The first-order valence-corrected chi connectivity index (χ1v) is 7.25. The van der Waals surface area contributed by atoms with E-state index in [1.165, 1.54) is 16.2 Å². The van der Waals surface area contributed by atoms with Crippen molar-refractivity contribution < 1.29 is 4.79 Å². The zero-order valence-electron chi connectivity index (χ0n) is 10.9. The van der Waals surface area contributed by atoms with Gasteiger partial charge in [-0.25, -0.2) is 0 Å². The monoisotopic (exact) mass is 261 g/mol. The van der Waals surface area contributed by atoms with Crippen molar-refractivity contribution in [1.29, 1.82) is 0 Å². The average Bonchev–Trinajstić information content (AvgIpc) is 2.71. The molecular weight excluding hydrogens is 242 g/mol. The highest BCUT2D eigenvalue weighted by Gasteiger charge is 2.24. The first kappa shape index (κ1) is 13.2. The van der Waals surface area contributed by atoms with Crippen molar-refractivity contribution in [3.63, 3.8) is 0 Å². The lowest BCUT2D eigenvalue weighted by Gasteiger charge is -2.29. The molecular formula is C15H19NOS. The summed E-state index contributed by atoms with van der Waals surface area (Å²) in [6.07, 6.45) is 2.57. The predicted molar refractivity (Wildman–Crippen MR) is 77.3 cm³/mol. The summed E-state index contributed by atoms with van der Waals surface area (Å²) in [5.41, 5.74) is 2.62. The van der Waals surface area contributed by atoms with E-state index in [1.54, 1.807) is 0 Å². The summed E-state index contributed by atoms with van der Waals surface area (Å²) in [5.74, 6) is 0.975. The molecule has 0 radical (unpaired) electrons. The predicted octanol–water partition coefficient (Wildman–Crippen LogP) is 3.44. The van der Waals surface area contributed by atoms with Crippen LogP contribution < -0.4 is 0 Å². The van der Waals surface area contributed by atoms with Crippen LogP contribution in [0.4, 0.5) is 0 Å². The number of carbonyl (C=O) groups excluding carboxylic acids is 1. The van der Waals surface area contributed by atoms with Gasteiger partial charge >= 0.3 is 0 Å². The summed E-state index contributed by atoms with van der Waals surface area (Å²) in [4.78, 5) is 14.6. The Balaban J connectivity index is 2.12. The van der Waals surface area contributed by atoms with Gasteiger partial charge in [-0.05, 0) is 25.8 Å². The molecule has 0 spiro atoms.